The summed E-state index contributed by atoms with van der Waals surface area (Å²) in [6, 6.07) is 8.90. The minimum atomic E-state index is -0.795. The molecule has 2 aromatic carbocycles. The van der Waals surface area contributed by atoms with Crippen LogP contribution in [0.3, 0.4) is 0 Å². The van der Waals surface area contributed by atoms with E-state index in [1.807, 2.05) is 19.1 Å². The first-order valence-electron chi connectivity index (χ1n) is 9.69. The molecule has 0 spiro atoms. The Bertz CT molecular complexity index is 1260. The highest BCUT2D eigenvalue weighted by atomic mass is 127. The number of fused-ring (bicyclic) bond motifs is 1. The fourth-order valence-electron chi connectivity index (χ4n) is 2.95. The van der Waals surface area contributed by atoms with E-state index in [1.165, 1.54) is 11.8 Å². The van der Waals surface area contributed by atoms with Crippen LogP contribution in [-0.2, 0) is 9.53 Å². The Morgan fingerprint density at radius 1 is 1.34 bits per heavy atom. The van der Waals surface area contributed by atoms with Gasteiger partial charge in [-0.25, -0.2) is 9.78 Å². The van der Waals surface area contributed by atoms with Gasteiger partial charge in [0.2, 0.25) is 0 Å². The number of carbonyl (C=O) groups is 1. The zero-order valence-corrected chi connectivity index (χ0v) is 21.6. The van der Waals surface area contributed by atoms with Gasteiger partial charge >= 0.3 is 5.97 Å². The first kappa shape index (κ1) is 24.2. The Labute approximate surface area is 206 Å². The lowest BCUT2D eigenvalue weighted by Gasteiger charge is -2.17. The van der Waals surface area contributed by atoms with Gasteiger partial charge < -0.3 is 14.2 Å². The maximum Gasteiger partial charge on any atom is 0.346 e. The van der Waals surface area contributed by atoms with Crippen LogP contribution in [0.15, 0.2) is 44.7 Å². The summed E-state index contributed by atoms with van der Waals surface area (Å²) in [5.74, 6) is 0.876. The molecule has 32 heavy (non-hydrogen) atoms. The molecule has 1 atom stereocenters. The van der Waals surface area contributed by atoms with Crippen LogP contribution < -0.4 is 15.0 Å². The van der Waals surface area contributed by atoms with Crippen LogP contribution in [0.5, 0.6) is 11.5 Å². The number of hydrogen-bond donors (Lipinski definition) is 0. The zero-order chi connectivity index (χ0) is 23.4. The van der Waals surface area contributed by atoms with Crippen molar-refractivity contribution in [1.82, 2.24) is 9.66 Å². The van der Waals surface area contributed by atoms with Gasteiger partial charge in [-0.15, -0.1) is 0 Å². The molecule has 0 bridgehead atoms. The number of ether oxygens (including phenoxy) is 3. The molecule has 0 saturated carbocycles. The maximum absolute atomic E-state index is 12.9. The van der Waals surface area contributed by atoms with Crippen LogP contribution in [0.2, 0.25) is 0 Å². The Balaban J connectivity index is 2.00. The van der Waals surface area contributed by atoms with E-state index < -0.39 is 12.1 Å². The highest BCUT2D eigenvalue weighted by molar-refractivity contribution is 14.1. The minimum Gasteiger partial charge on any atom is -0.490 e. The van der Waals surface area contributed by atoms with Crippen molar-refractivity contribution in [2.75, 3.05) is 13.7 Å². The number of halogens is 2. The number of esters is 1. The Morgan fingerprint density at radius 2 is 2.09 bits per heavy atom. The lowest BCUT2D eigenvalue weighted by molar-refractivity contribution is -0.148. The molecule has 0 saturated heterocycles. The molecule has 1 heterocycles. The second-order valence-corrected chi connectivity index (χ2v) is 8.81. The molecule has 0 N–H and O–H groups in total. The lowest BCUT2D eigenvalue weighted by Crippen LogP contribution is -2.25. The molecule has 0 radical (unpaired) electrons. The molecule has 168 valence electrons. The van der Waals surface area contributed by atoms with Crippen molar-refractivity contribution in [3.63, 3.8) is 0 Å². The molecule has 0 unspecified atom stereocenters. The van der Waals surface area contributed by atoms with E-state index in [0.29, 0.717) is 40.4 Å². The normalized spacial score (nSPS) is 12.2. The molecule has 10 heteroatoms. The summed E-state index contributed by atoms with van der Waals surface area (Å²) in [6.45, 7) is 5.58. The summed E-state index contributed by atoms with van der Waals surface area (Å²) in [6.07, 6.45) is 0.759. The van der Waals surface area contributed by atoms with E-state index in [4.69, 9.17) is 14.2 Å². The van der Waals surface area contributed by atoms with Gasteiger partial charge in [0.25, 0.3) is 5.56 Å². The predicted molar refractivity (Wildman–Crippen MR) is 134 cm³/mol. The first-order chi connectivity index (χ1) is 15.2. The van der Waals surface area contributed by atoms with Crippen LogP contribution in [0.25, 0.3) is 10.9 Å². The second kappa shape index (κ2) is 10.4. The number of benzene rings is 2. The number of aryl methyl sites for hydroxylation is 1. The molecule has 0 aliphatic heterocycles. The topological polar surface area (TPSA) is 92.0 Å². The fraction of sp³-hybridized carbons (Fsp3) is 0.273. The van der Waals surface area contributed by atoms with Gasteiger partial charge in [0.15, 0.2) is 17.6 Å². The summed E-state index contributed by atoms with van der Waals surface area (Å²) in [5.41, 5.74) is 1.03. The van der Waals surface area contributed by atoms with Crippen LogP contribution in [0.4, 0.5) is 0 Å². The summed E-state index contributed by atoms with van der Waals surface area (Å²) < 4.78 is 19.0. The quantitative estimate of drug-likeness (QED) is 0.224. The minimum absolute atomic E-state index is 0.267. The maximum atomic E-state index is 12.9. The molecule has 0 aliphatic rings. The number of rotatable bonds is 7. The van der Waals surface area contributed by atoms with Crippen molar-refractivity contribution < 1.29 is 19.0 Å². The molecular formula is C22H21BrIN3O5. The van der Waals surface area contributed by atoms with Crippen LogP contribution in [-0.4, -0.2) is 41.7 Å². The Kier molecular flexibility index (Phi) is 7.88. The molecule has 3 aromatic rings. The van der Waals surface area contributed by atoms with Crippen LogP contribution in [0.1, 0.15) is 25.2 Å². The summed E-state index contributed by atoms with van der Waals surface area (Å²) in [4.78, 5) is 29.1. The number of aromatic nitrogens is 2. The van der Waals surface area contributed by atoms with E-state index in [1.54, 1.807) is 38.3 Å². The number of hydrogen-bond acceptors (Lipinski definition) is 7. The van der Waals surface area contributed by atoms with Crippen LogP contribution in [0, 0.1) is 10.5 Å². The first-order valence-corrected chi connectivity index (χ1v) is 11.6. The highest BCUT2D eigenvalue weighted by Crippen LogP contribution is 2.34. The molecule has 1 aromatic heterocycles. The average molecular weight is 614 g/mol. The monoisotopic (exact) mass is 613 g/mol. The van der Waals surface area contributed by atoms with Crippen molar-refractivity contribution in [2.45, 2.75) is 26.9 Å². The van der Waals surface area contributed by atoms with Gasteiger partial charge in [0, 0.05) is 4.47 Å². The number of methoxy groups -OCH3 is 1. The third-order valence-electron chi connectivity index (χ3n) is 4.45. The molecule has 0 aliphatic carbocycles. The summed E-state index contributed by atoms with van der Waals surface area (Å²) >= 11 is 5.48. The van der Waals surface area contributed by atoms with Gasteiger partial charge in [0.05, 0.1) is 34.4 Å². The van der Waals surface area contributed by atoms with Crippen molar-refractivity contribution in [3.05, 3.63) is 60.1 Å². The Hall–Kier alpha value is -2.47. The van der Waals surface area contributed by atoms with Crippen LogP contribution >= 0.6 is 38.5 Å². The van der Waals surface area contributed by atoms with Gasteiger partial charge in [0.1, 0.15) is 5.82 Å². The van der Waals surface area contributed by atoms with Crippen molar-refractivity contribution >= 4 is 61.6 Å². The largest absolute Gasteiger partial charge is 0.490 e. The molecular weight excluding hydrogens is 593 g/mol. The zero-order valence-electron chi connectivity index (χ0n) is 17.9. The molecule has 8 nitrogen and oxygen atoms in total. The van der Waals surface area contributed by atoms with Crippen molar-refractivity contribution in [3.8, 4) is 11.5 Å². The standard InChI is InChI=1S/C22H21BrIN3O5/c1-5-31-19-9-14(8-17(24)20(19)32-12(2)22(29)30-4)11-25-27-13(3)26-18-7-6-15(23)10-16(18)21(27)28/h6-12H,5H2,1-4H3/t12-/m1/s1. The fourth-order valence-corrected chi connectivity index (χ4v) is 4.06. The van der Waals surface area contributed by atoms with Gasteiger partial charge in [-0.3, -0.25) is 4.79 Å². The summed E-state index contributed by atoms with van der Waals surface area (Å²) in [7, 11) is 1.31. The third-order valence-corrected chi connectivity index (χ3v) is 5.75. The highest BCUT2D eigenvalue weighted by Gasteiger charge is 2.20. The molecule has 0 amide bonds. The lowest BCUT2D eigenvalue weighted by atomic mass is 10.2. The SMILES string of the molecule is CCOc1cc(C=Nn2c(C)nc3ccc(Br)cc3c2=O)cc(I)c1O[C@H](C)C(=O)OC. The van der Waals surface area contributed by atoms with E-state index >= 15 is 0 Å². The van der Waals surface area contributed by atoms with Crippen molar-refractivity contribution in [2.24, 2.45) is 5.10 Å². The smallest absolute Gasteiger partial charge is 0.346 e. The second-order valence-electron chi connectivity index (χ2n) is 6.73. The Morgan fingerprint density at radius 3 is 2.78 bits per heavy atom. The molecule has 3 rings (SSSR count). The van der Waals surface area contributed by atoms with Crippen molar-refractivity contribution in [1.29, 1.82) is 0 Å². The van der Waals surface area contributed by atoms with E-state index in [-0.39, 0.29) is 5.56 Å². The van der Waals surface area contributed by atoms with Gasteiger partial charge in [-0.05, 0) is 79.3 Å². The predicted octanol–water partition coefficient (Wildman–Crippen LogP) is 4.29. The molecule has 0 fully saturated rings. The van der Waals surface area contributed by atoms with Gasteiger partial charge in [-0.1, -0.05) is 15.9 Å². The third kappa shape index (κ3) is 5.29. The van der Waals surface area contributed by atoms with E-state index in [2.05, 4.69) is 48.6 Å². The van der Waals surface area contributed by atoms with Gasteiger partial charge in [-0.2, -0.15) is 9.78 Å². The number of nitrogens with zero attached hydrogens (tertiary/aromatic N) is 3. The van der Waals surface area contributed by atoms with E-state index in [0.717, 1.165) is 8.04 Å². The summed E-state index contributed by atoms with van der Waals surface area (Å²) in [5, 5.41) is 4.82. The average Bonchev–Trinajstić information content (AvgIpc) is 2.76. The number of carbonyl (C=O) groups excluding carboxylic acids is 1. The van der Waals surface area contributed by atoms with E-state index in [9.17, 15) is 9.59 Å².